The molecule has 1 saturated heterocycles. The lowest BCUT2D eigenvalue weighted by molar-refractivity contribution is -0.141. The zero-order valence-electron chi connectivity index (χ0n) is 18.2. The zero-order valence-corrected chi connectivity index (χ0v) is 19.0. The minimum Gasteiger partial charge on any atom is -0.465 e. The third-order valence-electron chi connectivity index (χ3n) is 5.61. The molecule has 0 atom stereocenters. The van der Waals surface area contributed by atoms with Crippen molar-refractivity contribution in [1.82, 2.24) is 19.4 Å². The number of methoxy groups -OCH3 is 1. The van der Waals surface area contributed by atoms with Crippen molar-refractivity contribution in [2.75, 3.05) is 20.2 Å². The van der Waals surface area contributed by atoms with Crippen molar-refractivity contribution in [3.05, 3.63) is 63.9 Å². The van der Waals surface area contributed by atoms with E-state index in [2.05, 4.69) is 14.9 Å². The Labute approximate surface area is 196 Å². The number of carbonyl (C=O) groups excluding carboxylic acids is 1. The van der Waals surface area contributed by atoms with Gasteiger partial charge in [0.15, 0.2) is 0 Å². The van der Waals surface area contributed by atoms with Gasteiger partial charge in [0, 0.05) is 19.0 Å². The molecule has 0 spiro atoms. The van der Waals surface area contributed by atoms with E-state index in [9.17, 15) is 31.2 Å². The lowest BCUT2D eigenvalue weighted by Gasteiger charge is -2.30. The number of carbonyl (C=O) groups is 1. The summed E-state index contributed by atoms with van der Waals surface area (Å²) in [4.78, 5) is 29.8. The molecule has 0 unspecified atom stereocenters. The minimum atomic E-state index is -4.70. The fourth-order valence-corrected chi connectivity index (χ4v) is 5.43. The number of ether oxygens (including phenoxy) is 1. The smallest absolute Gasteiger partial charge is 0.431 e. The van der Waals surface area contributed by atoms with Gasteiger partial charge in [-0.15, -0.1) is 0 Å². The molecule has 3 aromatic rings. The molecule has 4 rings (SSSR count). The number of nitrogens with one attached hydrogen (secondary N) is 1. The number of piperidine rings is 1. The highest BCUT2D eigenvalue weighted by Gasteiger charge is 2.35. The first-order valence-electron chi connectivity index (χ1n) is 10.3. The van der Waals surface area contributed by atoms with Crippen LogP contribution in [0.1, 0.15) is 40.7 Å². The summed E-state index contributed by atoms with van der Waals surface area (Å²) in [6, 6.07) is 7.42. The molecule has 0 aliphatic carbocycles. The van der Waals surface area contributed by atoms with Crippen molar-refractivity contribution in [1.29, 1.82) is 0 Å². The number of pyridine rings is 1. The van der Waals surface area contributed by atoms with E-state index in [1.54, 1.807) is 4.98 Å². The molecule has 1 aliphatic heterocycles. The van der Waals surface area contributed by atoms with Crippen LogP contribution in [-0.4, -0.2) is 54.0 Å². The molecule has 186 valence electrons. The average Bonchev–Trinajstić information content (AvgIpc) is 3.33. The average molecular weight is 512 g/mol. The standard InChI is InChI=1S/C21H19F3N4O6S/c1-33-20(30)13-4-2-3-5-15(13)35(31,32)28-10-8-12(9-11-28)19-26-17(27-34-19)14-6-7-16(21(22,23)24)25-18(14)29/h2-7,12H,8-11H2,1H3,(H,25,29). The largest absolute Gasteiger partial charge is 0.465 e. The summed E-state index contributed by atoms with van der Waals surface area (Å²) < 4.78 is 75.7. The first-order chi connectivity index (χ1) is 16.5. The number of sulfonamides is 1. The number of rotatable bonds is 5. The van der Waals surface area contributed by atoms with Gasteiger partial charge in [0.1, 0.15) is 5.69 Å². The fraction of sp³-hybridized carbons (Fsp3) is 0.333. The summed E-state index contributed by atoms with van der Waals surface area (Å²) in [7, 11) is -2.82. The van der Waals surface area contributed by atoms with Gasteiger partial charge in [0.25, 0.3) is 5.56 Å². The molecule has 0 amide bonds. The first kappa shape index (κ1) is 24.6. The number of hydrogen-bond acceptors (Lipinski definition) is 8. The van der Waals surface area contributed by atoms with Crippen LogP contribution in [-0.2, 0) is 20.9 Å². The SMILES string of the molecule is COC(=O)c1ccccc1S(=O)(=O)N1CCC(c2nc(-c3ccc(C(F)(F)F)[nH]c3=O)no2)CC1. The zero-order chi connectivity index (χ0) is 25.4. The third kappa shape index (κ3) is 4.84. The molecule has 1 aromatic carbocycles. The van der Waals surface area contributed by atoms with Gasteiger partial charge >= 0.3 is 12.1 Å². The number of aromatic nitrogens is 3. The molecule has 35 heavy (non-hydrogen) atoms. The van der Waals surface area contributed by atoms with Crippen LogP contribution in [0.2, 0.25) is 0 Å². The Morgan fingerprint density at radius 2 is 1.86 bits per heavy atom. The number of hydrogen-bond donors (Lipinski definition) is 1. The molecule has 1 N–H and O–H groups in total. The Balaban J connectivity index is 1.49. The number of aromatic amines is 1. The van der Waals surface area contributed by atoms with Gasteiger partial charge in [-0.1, -0.05) is 17.3 Å². The number of nitrogens with zero attached hydrogens (tertiary/aromatic N) is 3. The van der Waals surface area contributed by atoms with Crippen LogP contribution in [0.25, 0.3) is 11.4 Å². The van der Waals surface area contributed by atoms with Gasteiger partial charge in [-0.25, -0.2) is 13.2 Å². The number of halogens is 3. The van der Waals surface area contributed by atoms with Gasteiger partial charge in [0.05, 0.1) is 23.1 Å². The summed E-state index contributed by atoms with van der Waals surface area (Å²) in [5, 5.41) is 3.70. The van der Waals surface area contributed by atoms with E-state index in [4.69, 9.17) is 4.52 Å². The van der Waals surface area contributed by atoms with Crippen LogP contribution in [0, 0.1) is 0 Å². The quantitative estimate of drug-likeness (QED) is 0.516. The van der Waals surface area contributed by atoms with Crippen LogP contribution >= 0.6 is 0 Å². The van der Waals surface area contributed by atoms with E-state index < -0.39 is 33.4 Å². The maximum atomic E-state index is 13.1. The highest BCUT2D eigenvalue weighted by Crippen LogP contribution is 2.32. The molecular weight excluding hydrogens is 493 g/mol. The lowest BCUT2D eigenvalue weighted by Crippen LogP contribution is -2.38. The molecule has 0 bridgehead atoms. The summed E-state index contributed by atoms with van der Waals surface area (Å²) in [5.41, 5.74) is -2.47. The predicted octanol–water partition coefficient (Wildman–Crippen LogP) is 2.80. The molecule has 1 fully saturated rings. The molecular formula is C21H19F3N4O6S. The van der Waals surface area contributed by atoms with E-state index in [1.807, 2.05) is 0 Å². The summed E-state index contributed by atoms with van der Waals surface area (Å²) >= 11 is 0. The van der Waals surface area contributed by atoms with Gasteiger partial charge in [-0.05, 0) is 37.1 Å². The highest BCUT2D eigenvalue weighted by molar-refractivity contribution is 7.89. The number of benzene rings is 1. The normalized spacial score (nSPS) is 15.8. The number of esters is 1. The first-order valence-corrected chi connectivity index (χ1v) is 11.8. The monoisotopic (exact) mass is 512 g/mol. The van der Waals surface area contributed by atoms with Gasteiger partial charge in [-0.2, -0.15) is 22.5 Å². The van der Waals surface area contributed by atoms with E-state index in [-0.39, 0.29) is 46.7 Å². The highest BCUT2D eigenvalue weighted by atomic mass is 32.2. The fourth-order valence-electron chi connectivity index (χ4n) is 3.78. The van der Waals surface area contributed by atoms with Crippen LogP contribution in [0.4, 0.5) is 13.2 Å². The molecule has 2 aromatic heterocycles. The lowest BCUT2D eigenvalue weighted by atomic mass is 9.98. The topological polar surface area (TPSA) is 135 Å². The van der Waals surface area contributed by atoms with E-state index in [0.717, 1.165) is 13.2 Å². The van der Waals surface area contributed by atoms with Crippen molar-refractivity contribution in [2.24, 2.45) is 0 Å². The van der Waals surface area contributed by atoms with Crippen molar-refractivity contribution in [3.8, 4) is 11.4 Å². The maximum absolute atomic E-state index is 13.1. The van der Waals surface area contributed by atoms with Crippen LogP contribution < -0.4 is 5.56 Å². The van der Waals surface area contributed by atoms with E-state index in [0.29, 0.717) is 18.9 Å². The molecule has 3 heterocycles. The molecule has 0 radical (unpaired) electrons. The second kappa shape index (κ2) is 9.26. The predicted molar refractivity (Wildman–Crippen MR) is 114 cm³/mol. The maximum Gasteiger partial charge on any atom is 0.431 e. The van der Waals surface area contributed by atoms with Crippen molar-refractivity contribution in [3.63, 3.8) is 0 Å². The van der Waals surface area contributed by atoms with E-state index >= 15 is 0 Å². The summed E-state index contributed by atoms with van der Waals surface area (Å²) in [6.07, 6.45) is -4.08. The molecule has 0 saturated carbocycles. The van der Waals surface area contributed by atoms with Crippen molar-refractivity contribution < 1.29 is 35.6 Å². The molecule has 1 aliphatic rings. The Kier molecular flexibility index (Phi) is 6.51. The minimum absolute atomic E-state index is 0.0690. The van der Waals surface area contributed by atoms with E-state index in [1.165, 1.54) is 28.6 Å². The van der Waals surface area contributed by atoms with Gasteiger partial charge < -0.3 is 14.2 Å². The Bertz CT molecular complexity index is 1410. The second-order valence-corrected chi connectivity index (χ2v) is 9.64. The van der Waals surface area contributed by atoms with Crippen LogP contribution in [0.15, 0.2) is 50.6 Å². The van der Waals surface area contributed by atoms with Crippen LogP contribution in [0.3, 0.4) is 0 Å². The Morgan fingerprint density at radius 3 is 2.49 bits per heavy atom. The number of H-pyrrole nitrogens is 1. The molecule has 10 nitrogen and oxygen atoms in total. The van der Waals surface area contributed by atoms with Crippen molar-refractivity contribution in [2.45, 2.75) is 29.8 Å². The number of alkyl halides is 3. The van der Waals surface area contributed by atoms with Gasteiger partial charge in [0.2, 0.25) is 21.7 Å². The van der Waals surface area contributed by atoms with Crippen LogP contribution in [0.5, 0.6) is 0 Å². The molecule has 14 heteroatoms. The Hall–Kier alpha value is -3.52. The van der Waals surface area contributed by atoms with Crippen molar-refractivity contribution >= 4 is 16.0 Å². The summed E-state index contributed by atoms with van der Waals surface area (Å²) in [6.45, 7) is 0.197. The Morgan fingerprint density at radius 1 is 1.17 bits per heavy atom. The second-order valence-electron chi connectivity index (χ2n) is 7.73. The third-order valence-corrected chi connectivity index (χ3v) is 7.57. The summed E-state index contributed by atoms with van der Waals surface area (Å²) in [5.74, 6) is -1.12. The van der Waals surface area contributed by atoms with Gasteiger partial charge in [-0.3, -0.25) is 4.79 Å².